The molecular formula is C19H22N4O3S. The van der Waals surface area contributed by atoms with Crippen LogP contribution in [0.1, 0.15) is 42.5 Å². The second kappa shape index (κ2) is 7.48. The quantitative estimate of drug-likeness (QED) is 0.406. The van der Waals surface area contributed by atoms with E-state index < -0.39 is 5.97 Å². The van der Waals surface area contributed by atoms with E-state index in [9.17, 15) is 4.79 Å². The highest BCUT2D eigenvalue weighted by Crippen LogP contribution is 2.28. The molecule has 0 bridgehead atoms. The second-order valence-electron chi connectivity index (χ2n) is 7.06. The van der Waals surface area contributed by atoms with Crippen LogP contribution in [0.2, 0.25) is 0 Å². The summed E-state index contributed by atoms with van der Waals surface area (Å²) in [4.78, 5) is 11.7. The first kappa shape index (κ1) is 19.0. The van der Waals surface area contributed by atoms with Crippen molar-refractivity contribution >= 4 is 17.7 Å². The maximum Gasteiger partial charge on any atom is 0.374 e. The zero-order valence-corrected chi connectivity index (χ0v) is 16.5. The van der Waals surface area contributed by atoms with E-state index in [0.717, 1.165) is 5.56 Å². The second-order valence-corrected chi connectivity index (χ2v) is 8.00. The van der Waals surface area contributed by atoms with Gasteiger partial charge in [-0.05, 0) is 17.0 Å². The molecule has 0 aliphatic rings. The molecule has 2 aromatic heterocycles. The zero-order valence-electron chi connectivity index (χ0n) is 15.7. The van der Waals surface area contributed by atoms with Crippen molar-refractivity contribution in [2.75, 3.05) is 13.0 Å². The number of carbonyl (C=O) groups excluding carboxylic acids is 1. The number of esters is 1. The minimum Gasteiger partial charge on any atom is -0.463 e. The molecule has 0 radical (unpaired) electrons. The van der Waals surface area contributed by atoms with Crippen molar-refractivity contribution in [1.82, 2.24) is 14.9 Å². The highest BCUT2D eigenvalue weighted by atomic mass is 32.2. The molecule has 27 heavy (non-hydrogen) atoms. The van der Waals surface area contributed by atoms with E-state index >= 15 is 0 Å². The number of ether oxygens (including phenoxy) is 1. The molecule has 1 aromatic carbocycles. The first-order valence-corrected chi connectivity index (χ1v) is 9.38. The minimum absolute atomic E-state index is 0.0812. The summed E-state index contributed by atoms with van der Waals surface area (Å²) in [6.07, 6.45) is 1.46. The topological polar surface area (TPSA) is 96.2 Å². The molecule has 8 heteroatoms. The molecule has 0 aliphatic heterocycles. The largest absolute Gasteiger partial charge is 0.463 e. The van der Waals surface area contributed by atoms with E-state index in [1.54, 1.807) is 6.07 Å². The lowest BCUT2D eigenvalue weighted by molar-refractivity contribution is 0.0564. The molecule has 0 aliphatic carbocycles. The van der Waals surface area contributed by atoms with Gasteiger partial charge in [-0.15, -0.1) is 10.2 Å². The highest BCUT2D eigenvalue weighted by molar-refractivity contribution is 7.98. The number of thioether (sulfide) groups is 1. The van der Waals surface area contributed by atoms with Gasteiger partial charge in [0.25, 0.3) is 0 Å². The number of rotatable bonds is 5. The third-order valence-corrected chi connectivity index (χ3v) is 5.14. The van der Waals surface area contributed by atoms with Crippen LogP contribution in [0.5, 0.6) is 0 Å². The number of aromatic nitrogens is 3. The van der Waals surface area contributed by atoms with Crippen LogP contribution in [0.15, 0.2) is 46.2 Å². The highest BCUT2D eigenvalue weighted by Gasteiger charge is 2.19. The number of nitrogens with two attached hydrogens (primary N) is 1. The van der Waals surface area contributed by atoms with Gasteiger partial charge in [0.2, 0.25) is 10.9 Å². The van der Waals surface area contributed by atoms with Gasteiger partial charge in [0.05, 0.1) is 13.4 Å². The number of furan rings is 1. The van der Waals surface area contributed by atoms with Crippen molar-refractivity contribution in [1.29, 1.82) is 0 Å². The molecule has 0 spiro atoms. The van der Waals surface area contributed by atoms with Crippen LogP contribution >= 0.6 is 11.8 Å². The van der Waals surface area contributed by atoms with Gasteiger partial charge in [-0.25, -0.2) is 9.47 Å². The van der Waals surface area contributed by atoms with Crippen molar-refractivity contribution in [2.45, 2.75) is 37.1 Å². The average Bonchev–Trinajstić information content (AvgIpc) is 3.25. The SMILES string of the molecule is COC(=O)c1occc1CSc1nnc(-c2ccc(C(C)(C)C)cc2)n1N. The molecule has 3 aromatic rings. The number of nitrogen functional groups attached to an aromatic ring is 1. The van der Waals surface area contributed by atoms with Gasteiger partial charge in [0.1, 0.15) is 0 Å². The predicted molar refractivity (Wildman–Crippen MR) is 104 cm³/mol. The Morgan fingerprint density at radius 3 is 2.56 bits per heavy atom. The normalized spacial score (nSPS) is 11.6. The molecule has 0 unspecified atom stereocenters. The summed E-state index contributed by atoms with van der Waals surface area (Å²) in [6.45, 7) is 6.50. The Kier molecular flexibility index (Phi) is 5.27. The van der Waals surface area contributed by atoms with Crippen molar-refractivity contribution in [3.8, 4) is 11.4 Å². The van der Waals surface area contributed by atoms with Crippen LogP contribution in [-0.2, 0) is 15.9 Å². The third kappa shape index (κ3) is 4.00. The van der Waals surface area contributed by atoms with Crippen LogP contribution in [0.25, 0.3) is 11.4 Å². The maximum absolute atomic E-state index is 11.7. The monoisotopic (exact) mass is 386 g/mol. The summed E-state index contributed by atoms with van der Waals surface area (Å²) in [5.74, 6) is 6.89. The minimum atomic E-state index is -0.510. The van der Waals surface area contributed by atoms with Gasteiger partial charge in [-0.3, -0.25) is 0 Å². The first-order valence-electron chi connectivity index (χ1n) is 8.40. The van der Waals surface area contributed by atoms with E-state index in [-0.39, 0.29) is 11.2 Å². The van der Waals surface area contributed by atoms with Crippen LogP contribution in [-0.4, -0.2) is 28.0 Å². The van der Waals surface area contributed by atoms with E-state index in [0.29, 0.717) is 22.3 Å². The van der Waals surface area contributed by atoms with Gasteiger partial charge in [0.15, 0.2) is 5.82 Å². The van der Waals surface area contributed by atoms with Crippen molar-refractivity contribution in [3.05, 3.63) is 53.5 Å². The Bertz CT molecular complexity index is 939. The third-order valence-electron chi connectivity index (χ3n) is 4.15. The molecule has 142 valence electrons. The van der Waals surface area contributed by atoms with Crippen molar-refractivity contribution in [3.63, 3.8) is 0 Å². The molecule has 0 saturated heterocycles. The summed E-state index contributed by atoms with van der Waals surface area (Å²) in [5.41, 5.74) is 2.92. The smallest absolute Gasteiger partial charge is 0.374 e. The lowest BCUT2D eigenvalue weighted by atomic mass is 9.87. The number of hydrogen-bond donors (Lipinski definition) is 1. The fraction of sp³-hybridized carbons (Fsp3) is 0.316. The molecule has 2 heterocycles. The standard InChI is InChI=1S/C19H22N4O3S/c1-19(2,3)14-7-5-12(6-8-14)16-21-22-18(23(16)20)27-11-13-9-10-26-15(13)17(24)25-4/h5-10H,11,20H2,1-4H3. The molecule has 0 amide bonds. The lowest BCUT2D eigenvalue weighted by Gasteiger charge is -2.19. The molecule has 0 fully saturated rings. The summed E-state index contributed by atoms with van der Waals surface area (Å²) in [6, 6.07) is 9.86. The Balaban J connectivity index is 1.76. The maximum atomic E-state index is 11.7. The van der Waals surface area contributed by atoms with Gasteiger partial charge >= 0.3 is 5.97 Å². The van der Waals surface area contributed by atoms with Crippen LogP contribution < -0.4 is 5.84 Å². The Labute approximate surface area is 161 Å². The van der Waals surface area contributed by atoms with E-state index in [1.807, 2.05) is 12.1 Å². The van der Waals surface area contributed by atoms with Gasteiger partial charge < -0.3 is 15.0 Å². The Hall–Kier alpha value is -2.74. The Morgan fingerprint density at radius 1 is 1.22 bits per heavy atom. The summed E-state index contributed by atoms with van der Waals surface area (Å²) >= 11 is 1.37. The molecule has 7 nitrogen and oxygen atoms in total. The summed E-state index contributed by atoms with van der Waals surface area (Å²) in [7, 11) is 1.31. The molecule has 3 rings (SSSR count). The van der Waals surface area contributed by atoms with E-state index in [2.05, 4.69) is 43.1 Å². The summed E-state index contributed by atoms with van der Waals surface area (Å²) in [5, 5.41) is 8.91. The predicted octanol–water partition coefficient (Wildman–Crippen LogP) is 3.63. The number of benzene rings is 1. The number of nitrogens with zero attached hydrogens (tertiary/aromatic N) is 3. The molecule has 0 saturated carbocycles. The fourth-order valence-corrected chi connectivity index (χ4v) is 3.39. The number of methoxy groups -OCH3 is 1. The number of hydrogen-bond acceptors (Lipinski definition) is 7. The Morgan fingerprint density at radius 2 is 1.93 bits per heavy atom. The number of carbonyl (C=O) groups is 1. The van der Waals surface area contributed by atoms with Crippen LogP contribution in [0, 0.1) is 0 Å². The summed E-state index contributed by atoms with van der Waals surface area (Å²) < 4.78 is 11.3. The zero-order chi connectivity index (χ0) is 19.6. The van der Waals surface area contributed by atoms with E-state index in [4.69, 9.17) is 15.0 Å². The van der Waals surface area contributed by atoms with Crippen LogP contribution in [0.3, 0.4) is 0 Å². The molecular weight excluding hydrogens is 364 g/mol. The van der Waals surface area contributed by atoms with Gasteiger partial charge in [0, 0.05) is 16.9 Å². The first-order chi connectivity index (χ1) is 12.8. The average molecular weight is 386 g/mol. The molecule has 0 atom stereocenters. The fourth-order valence-electron chi connectivity index (χ4n) is 2.56. The molecule has 2 N–H and O–H groups in total. The van der Waals surface area contributed by atoms with Crippen molar-refractivity contribution in [2.24, 2.45) is 0 Å². The van der Waals surface area contributed by atoms with Crippen LogP contribution in [0.4, 0.5) is 0 Å². The van der Waals surface area contributed by atoms with Gasteiger partial charge in [-0.1, -0.05) is 56.8 Å². The van der Waals surface area contributed by atoms with E-state index in [1.165, 1.54) is 35.4 Å². The van der Waals surface area contributed by atoms with Crippen molar-refractivity contribution < 1.29 is 13.9 Å². The lowest BCUT2D eigenvalue weighted by Crippen LogP contribution is -2.13. The van der Waals surface area contributed by atoms with Gasteiger partial charge in [-0.2, -0.15) is 0 Å².